The van der Waals surface area contributed by atoms with Crippen molar-refractivity contribution < 1.29 is 14.3 Å². The summed E-state index contributed by atoms with van der Waals surface area (Å²) in [7, 11) is 0. The van der Waals surface area contributed by atoms with Crippen LogP contribution in [0.4, 0.5) is 0 Å². The number of thioether (sulfide) groups is 1. The molecule has 6 nitrogen and oxygen atoms in total. The number of fused-ring (bicyclic) bond motifs is 1. The molecule has 2 aromatic carbocycles. The highest BCUT2D eigenvalue weighted by atomic mass is 32.2. The topological polar surface area (TPSA) is 64.5 Å². The highest BCUT2D eigenvalue weighted by molar-refractivity contribution is 8.00. The van der Waals surface area contributed by atoms with Crippen molar-refractivity contribution in [3.8, 4) is 0 Å². The third-order valence-corrected chi connectivity index (χ3v) is 6.15. The molecule has 0 radical (unpaired) electrons. The van der Waals surface area contributed by atoms with Gasteiger partial charge in [0, 0.05) is 18.5 Å². The number of hydrogen-bond acceptors (Lipinski definition) is 7. The van der Waals surface area contributed by atoms with Crippen LogP contribution in [0.15, 0.2) is 59.6 Å². The zero-order valence-electron chi connectivity index (χ0n) is 17.0. The average Bonchev–Trinajstić information content (AvgIpc) is 2.79. The second-order valence-corrected chi connectivity index (χ2v) is 8.11. The molecule has 0 amide bonds. The molecule has 0 N–H and O–H groups in total. The second kappa shape index (κ2) is 10.0. The van der Waals surface area contributed by atoms with E-state index in [4.69, 9.17) is 19.4 Å². The molecule has 0 spiro atoms. The Morgan fingerprint density at radius 2 is 1.83 bits per heavy atom. The van der Waals surface area contributed by atoms with Crippen LogP contribution >= 0.6 is 11.8 Å². The van der Waals surface area contributed by atoms with Crippen molar-refractivity contribution >= 4 is 28.6 Å². The molecule has 0 bridgehead atoms. The minimum Gasteiger partial charge on any atom is -0.465 e. The standard InChI is InChI=1S/C23H25N3O3S/c1-2-29-23(27)21(17-8-4-3-5-9-17)30-22-18-10-6-7-11-19(18)24-20(25-22)16-26-12-14-28-15-13-26/h3-11,21H,2,12-16H2,1H3. The lowest BCUT2D eigenvalue weighted by atomic mass is 10.1. The van der Waals surface area contributed by atoms with E-state index in [9.17, 15) is 4.79 Å². The SMILES string of the molecule is CCOC(=O)C(Sc1nc(CN2CCOCC2)nc2ccccc12)c1ccccc1. The molecule has 7 heteroatoms. The molecule has 1 aromatic heterocycles. The van der Waals surface area contributed by atoms with Gasteiger partial charge in [0.05, 0.1) is 31.9 Å². The number of morpholine rings is 1. The zero-order valence-corrected chi connectivity index (χ0v) is 17.8. The number of ether oxygens (including phenoxy) is 2. The van der Waals surface area contributed by atoms with Gasteiger partial charge in [-0.15, -0.1) is 0 Å². The van der Waals surface area contributed by atoms with E-state index in [0.717, 1.165) is 53.6 Å². The molecule has 1 aliphatic rings. The fourth-order valence-electron chi connectivity index (χ4n) is 3.42. The number of hydrogen-bond donors (Lipinski definition) is 0. The van der Waals surface area contributed by atoms with Crippen molar-refractivity contribution in [3.63, 3.8) is 0 Å². The summed E-state index contributed by atoms with van der Waals surface area (Å²) in [4.78, 5) is 24.7. The largest absolute Gasteiger partial charge is 0.465 e. The summed E-state index contributed by atoms with van der Waals surface area (Å²) in [6.45, 7) is 6.03. The van der Waals surface area contributed by atoms with Crippen LogP contribution in [0.3, 0.4) is 0 Å². The Morgan fingerprint density at radius 3 is 2.60 bits per heavy atom. The van der Waals surface area contributed by atoms with Gasteiger partial charge >= 0.3 is 5.97 Å². The van der Waals surface area contributed by atoms with Crippen LogP contribution in [-0.2, 0) is 20.8 Å². The molecule has 1 unspecified atom stereocenters. The molecule has 1 aliphatic heterocycles. The highest BCUT2D eigenvalue weighted by Crippen LogP contribution is 2.38. The Labute approximate surface area is 180 Å². The van der Waals surface area contributed by atoms with E-state index in [-0.39, 0.29) is 5.97 Å². The summed E-state index contributed by atoms with van der Waals surface area (Å²) in [6, 6.07) is 17.7. The van der Waals surface area contributed by atoms with Crippen LogP contribution in [0.5, 0.6) is 0 Å². The number of aromatic nitrogens is 2. The summed E-state index contributed by atoms with van der Waals surface area (Å²) in [5, 5.41) is 1.25. The number of carbonyl (C=O) groups is 1. The monoisotopic (exact) mass is 423 g/mol. The Kier molecular flexibility index (Phi) is 6.94. The van der Waals surface area contributed by atoms with E-state index in [0.29, 0.717) is 13.2 Å². The maximum atomic E-state index is 12.8. The minimum absolute atomic E-state index is 0.258. The van der Waals surface area contributed by atoms with Gasteiger partial charge in [-0.3, -0.25) is 9.69 Å². The minimum atomic E-state index is -0.485. The zero-order chi connectivity index (χ0) is 20.8. The fourth-order valence-corrected chi connectivity index (χ4v) is 4.56. The fraction of sp³-hybridized carbons (Fsp3) is 0.348. The number of benzene rings is 2. The van der Waals surface area contributed by atoms with Gasteiger partial charge in [-0.25, -0.2) is 9.97 Å². The summed E-state index contributed by atoms with van der Waals surface area (Å²) >= 11 is 1.43. The van der Waals surface area contributed by atoms with Crippen molar-refractivity contribution in [2.75, 3.05) is 32.9 Å². The molecular formula is C23H25N3O3S. The van der Waals surface area contributed by atoms with Crippen LogP contribution in [0.2, 0.25) is 0 Å². The molecular weight excluding hydrogens is 398 g/mol. The van der Waals surface area contributed by atoms with Crippen LogP contribution in [0.1, 0.15) is 23.6 Å². The smallest absolute Gasteiger partial charge is 0.324 e. The number of esters is 1. The van der Waals surface area contributed by atoms with Gasteiger partial charge in [0.25, 0.3) is 0 Å². The summed E-state index contributed by atoms with van der Waals surface area (Å²) < 4.78 is 10.8. The molecule has 0 saturated carbocycles. The van der Waals surface area contributed by atoms with Gasteiger partial charge in [0.15, 0.2) is 0 Å². The Hall–Kier alpha value is -2.48. The molecule has 1 saturated heterocycles. The van der Waals surface area contributed by atoms with E-state index in [1.807, 2.05) is 61.5 Å². The lowest BCUT2D eigenvalue weighted by Gasteiger charge is -2.26. The molecule has 2 heterocycles. The van der Waals surface area contributed by atoms with E-state index in [2.05, 4.69) is 4.90 Å². The van der Waals surface area contributed by atoms with Crippen LogP contribution in [0, 0.1) is 0 Å². The average molecular weight is 424 g/mol. The molecule has 30 heavy (non-hydrogen) atoms. The molecule has 3 aromatic rings. The maximum Gasteiger partial charge on any atom is 0.324 e. The quantitative estimate of drug-likeness (QED) is 0.325. The van der Waals surface area contributed by atoms with E-state index >= 15 is 0 Å². The van der Waals surface area contributed by atoms with Gasteiger partial charge in [0.1, 0.15) is 16.1 Å². The van der Waals surface area contributed by atoms with Crippen LogP contribution in [0.25, 0.3) is 10.9 Å². The maximum absolute atomic E-state index is 12.8. The number of rotatable bonds is 7. The lowest BCUT2D eigenvalue weighted by Crippen LogP contribution is -2.36. The van der Waals surface area contributed by atoms with Gasteiger partial charge < -0.3 is 9.47 Å². The highest BCUT2D eigenvalue weighted by Gasteiger charge is 2.25. The van der Waals surface area contributed by atoms with Crippen molar-refractivity contribution in [3.05, 3.63) is 66.0 Å². The molecule has 1 atom stereocenters. The van der Waals surface area contributed by atoms with Crippen molar-refractivity contribution in [2.24, 2.45) is 0 Å². The van der Waals surface area contributed by atoms with E-state index in [1.165, 1.54) is 11.8 Å². The van der Waals surface area contributed by atoms with Gasteiger partial charge in [-0.1, -0.05) is 60.3 Å². The first-order valence-electron chi connectivity index (χ1n) is 10.2. The van der Waals surface area contributed by atoms with Gasteiger partial charge in [-0.05, 0) is 18.6 Å². The van der Waals surface area contributed by atoms with E-state index < -0.39 is 5.25 Å². The predicted octanol–water partition coefficient (Wildman–Crippen LogP) is 3.86. The predicted molar refractivity (Wildman–Crippen MR) is 117 cm³/mol. The summed E-state index contributed by atoms with van der Waals surface area (Å²) in [6.07, 6.45) is 0. The molecule has 0 aliphatic carbocycles. The van der Waals surface area contributed by atoms with Crippen molar-refractivity contribution in [1.82, 2.24) is 14.9 Å². The number of carbonyl (C=O) groups excluding carboxylic acids is 1. The first-order chi connectivity index (χ1) is 14.7. The normalized spacial score (nSPS) is 15.8. The van der Waals surface area contributed by atoms with Crippen molar-refractivity contribution in [1.29, 1.82) is 0 Å². The summed E-state index contributed by atoms with van der Waals surface area (Å²) in [5.41, 5.74) is 1.78. The lowest BCUT2D eigenvalue weighted by molar-refractivity contribution is -0.142. The first-order valence-corrected chi connectivity index (χ1v) is 11.1. The Morgan fingerprint density at radius 1 is 1.10 bits per heavy atom. The van der Waals surface area contributed by atoms with Crippen LogP contribution in [-0.4, -0.2) is 53.7 Å². The van der Waals surface area contributed by atoms with Gasteiger partial charge in [-0.2, -0.15) is 0 Å². The van der Waals surface area contributed by atoms with Crippen LogP contribution < -0.4 is 0 Å². The molecule has 1 fully saturated rings. The number of para-hydroxylation sites is 1. The second-order valence-electron chi connectivity index (χ2n) is 7.01. The third-order valence-electron chi connectivity index (χ3n) is 4.92. The molecule has 156 valence electrons. The summed E-state index contributed by atoms with van der Waals surface area (Å²) in [5.74, 6) is 0.500. The Bertz CT molecular complexity index is 993. The first kappa shape index (κ1) is 20.8. The van der Waals surface area contributed by atoms with E-state index in [1.54, 1.807) is 0 Å². The Balaban J connectivity index is 1.69. The molecule has 4 rings (SSSR count). The number of nitrogens with zero attached hydrogens (tertiary/aromatic N) is 3. The third kappa shape index (κ3) is 4.98. The van der Waals surface area contributed by atoms with Gasteiger partial charge in [0.2, 0.25) is 0 Å². The van der Waals surface area contributed by atoms with Crippen molar-refractivity contribution in [2.45, 2.75) is 23.7 Å².